The van der Waals surface area contributed by atoms with Crippen molar-refractivity contribution in [2.75, 3.05) is 26.2 Å². The van der Waals surface area contributed by atoms with Crippen molar-refractivity contribution >= 4 is 29.9 Å². The first-order valence-electron chi connectivity index (χ1n) is 9.34. The van der Waals surface area contributed by atoms with Gasteiger partial charge in [-0.1, -0.05) is 19.3 Å². The van der Waals surface area contributed by atoms with Gasteiger partial charge in [0, 0.05) is 19.6 Å². The number of nitrogens with one attached hydrogen (secondary N) is 1. The maximum absolute atomic E-state index is 10.6. The lowest BCUT2D eigenvalue weighted by atomic mass is 9.73. The summed E-state index contributed by atoms with van der Waals surface area (Å²) in [4.78, 5) is 7.10. The zero-order chi connectivity index (χ0) is 17.0. The summed E-state index contributed by atoms with van der Waals surface area (Å²) >= 11 is 0. The topological polar surface area (TPSA) is 61.0 Å². The lowest BCUT2D eigenvalue weighted by molar-refractivity contribution is 0.0434. The van der Waals surface area contributed by atoms with Crippen molar-refractivity contribution in [3.8, 4) is 0 Å². The minimum atomic E-state index is -1.08. The van der Waals surface area contributed by atoms with Gasteiger partial charge in [0.1, 0.15) is 11.4 Å². The molecule has 3 rings (SSSR count). The van der Waals surface area contributed by atoms with Crippen LogP contribution in [0, 0.1) is 5.41 Å². The summed E-state index contributed by atoms with van der Waals surface area (Å²) in [5.74, 6) is 1.49. The Morgan fingerprint density at radius 3 is 2.76 bits per heavy atom. The standard InChI is InChI=1S/C19H31N3O2.HI/c1-3-20-17(21-14-18(2,23)16-8-7-13-24-16)22-12-11-19(15-22)9-5-4-6-10-19;/h7-8,13,23H,3-6,9-12,14-15H2,1-2H3,(H,20,21);1H. The number of nitrogens with zero attached hydrogens (tertiary/aromatic N) is 2. The normalized spacial score (nSPS) is 22.5. The molecule has 1 saturated heterocycles. The van der Waals surface area contributed by atoms with E-state index in [1.54, 1.807) is 25.3 Å². The Labute approximate surface area is 168 Å². The molecule has 1 spiro atoms. The Morgan fingerprint density at radius 2 is 2.12 bits per heavy atom. The number of hydrogen-bond acceptors (Lipinski definition) is 3. The number of aliphatic hydroxyl groups is 1. The van der Waals surface area contributed by atoms with Gasteiger partial charge in [-0.2, -0.15) is 0 Å². The average Bonchev–Trinajstić information content (AvgIpc) is 3.23. The maximum Gasteiger partial charge on any atom is 0.194 e. The van der Waals surface area contributed by atoms with Gasteiger partial charge in [0.25, 0.3) is 0 Å². The molecule has 5 nitrogen and oxygen atoms in total. The van der Waals surface area contributed by atoms with E-state index in [4.69, 9.17) is 9.41 Å². The van der Waals surface area contributed by atoms with Crippen molar-refractivity contribution in [2.45, 2.75) is 58.0 Å². The van der Waals surface area contributed by atoms with Gasteiger partial charge in [0.15, 0.2) is 5.96 Å². The van der Waals surface area contributed by atoms with E-state index in [0.717, 1.165) is 25.6 Å². The molecule has 2 fully saturated rings. The summed E-state index contributed by atoms with van der Waals surface area (Å²) in [6, 6.07) is 3.60. The third-order valence-electron chi connectivity index (χ3n) is 5.58. The quantitative estimate of drug-likeness (QED) is 0.408. The van der Waals surface area contributed by atoms with E-state index < -0.39 is 5.60 Å². The van der Waals surface area contributed by atoms with Crippen molar-refractivity contribution in [3.05, 3.63) is 24.2 Å². The van der Waals surface area contributed by atoms with Crippen LogP contribution in [0.15, 0.2) is 27.8 Å². The predicted octanol–water partition coefficient (Wildman–Crippen LogP) is 3.73. The molecule has 0 radical (unpaired) electrons. The molecule has 1 aromatic rings. The largest absolute Gasteiger partial charge is 0.466 e. The minimum Gasteiger partial charge on any atom is -0.466 e. The Kier molecular flexibility index (Phi) is 7.19. The van der Waals surface area contributed by atoms with Gasteiger partial charge in [-0.25, -0.2) is 4.99 Å². The van der Waals surface area contributed by atoms with Gasteiger partial charge in [-0.05, 0) is 50.7 Å². The molecule has 1 atom stereocenters. The molecule has 0 amide bonds. The summed E-state index contributed by atoms with van der Waals surface area (Å²) in [7, 11) is 0. The van der Waals surface area contributed by atoms with Crippen LogP contribution in [0.2, 0.25) is 0 Å². The summed E-state index contributed by atoms with van der Waals surface area (Å²) in [6.45, 7) is 7.15. The van der Waals surface area contributed by atoms with Crippen LogP contribution < -0.4 is 5.32 Å². The van der Waals surface area contributed by atoms with Gasteiger partial charge in [0.2, 0.25) is 0 Å². The number of hydrogen-bond donors (Lipinski definition) is 2. The highest BCUT2D eigenvalue weighted by atomic mass is 127. The molecule has 2 heterocycles. The second-order valence-electron chi connectivity index (χ2n) is 7.65. The smallest absolute Gasteiger partial charge is 0.194 e. The third-order valence-corrected chi connectivity index (χ3v) is 5.58. The number of halogens is 1. The monoisotopic (exact) mass is 461 g/mol. The van der Waals surface area contributed by atoms with E-state index in [2.05, 4.69) is 17.1 Å². The molecular formula is C19H32IN3O2. The highest BCUT2D eigenvalue weighted by molar-refractivity contribution is 14.0. The molecule has 142 valence electrons. The van der Waals surface area contributed by atoms with E-state index in [9.17, 15) is 5.11 Å². The molecule has 1 aromatic heterocycles. The Balaban J connectivity index is 0.00000225. The Bertz CT molecular complexity index is 551. The van der Waals surface area contributed by atoms with E-state index in [0.29, 0.717) is 17.7 Å². The first kappa shape index (κ1) is 20.6. The van der Waals surface area contributed by atoms with Crippen molar-refractivity contribution in [1.82, 2.24) is 10.2 Å². The number of furan rings is 1. The van der Waals surface area contributed by atoms with Gasteiger partial charge in [-0.15, -0.1) is 24.0 Å². The zero-order valence-electron chi connectivity index (χ0n) is 15.5. The number of likely N-dealkylation sites (tertiary alicyclic amines) is 1. The second kappa shape index (κ2) is 8.75. The molecule has 0 aromatic carbocycles. The molecule has 1 aliphatic heterocycles. The zero-order valence-corrected chi connectivity index (χ0v) is 17.8. The highest BCUT2D eigenvalue weighted by Crippen LogP contribution is 2.43. The average molecular weight is 461 g/mol. The number of rotatable bonds is 4. The molecule has 2 aliphatic rings. The van der Waals surface area contributed by atoms with Crippen molar-refractivity contribution in [3.63, 3.8) is 0 Å². The first-order valence-corrected chi connectivity index (χ1v) is 9.34. The first-order chi connectivity index (χ1) is 11.5. The van der Waals surface area contributed by atoms with Crippen LogP contribution in [0.1, 0.15) is 58.1 Å². The Morgan fingerprint density at radius 1 is 1.36 bits per heavy atom. The van der Waals surface area contributed by atoms with E-state index in [-0.39, 0.29) is 24.0 Å². The molecule has 25 heavy (non-hydrogen) atoms. The van der Waals surface area contributed by atoms with Crippen molar-refractivity contribution < 1.29 is 9.52 Å². The molecular weight excluding hydrogens is 429 g/mol. The van der Waals surface area contributed by atoms with Crippen LogP contribution in [0.25, 0.3) is 0 Å². The van der Waals surface area contributed by atoms with E-state index in [1.165, 1.54) is 38.5 Å². The maximum atomic E-state index is 10.6. The Hall–Kier alpha value is -0.760. The summed E-state index contributed by atoms with van der Waals surface area (Å²) < 4.78 is 5.35. The molecule has 1 saturated carbocycles. The molecule has 1 aliphatic carbocycles. The van der Waals surface area contributed by atoms with Crippen LogP contribution in [-0.4, -0.2) is 42.1 Å². The SMILES string of the molecule is CCNC(=NCC(C)(O)c1ccco1)N1CCC2(CCCCC2)C1.I. The fraction of sp³-hybridized carbons (Fsp3) is 0.737. The summed E-state index contributed by atoms with van der Waals surface area (Å²) in [5, 5.41) is 14.0. The molecule has 1 unspecified atom stereocenters. The van der Waals surface area contributed by atoms with Gasteiger partial charge >= 0.3 is 0 Å². The lowest BCUT2D eigenvalue weighted by Crippen LogP contribution is -2.42. The minimum absolute atomic E-state index is 0. The van der Waals surface area contributed by atoms with Crippen LogP contribution >= 0.6 is 24.0 Å². The van der Waals surface area contributed by atoms with Gasteiger partial charge in [0.05, 0.1) is 12.8 Å². The van der Waals surface area contributed by atoms with Gasteiger partial charge in [-0.3, -0.25) is 0 Å². The van der Waals surface area contributed by atoms with Crippen LogP contribution in [-0.2, 0) is 5.60 Å². The second-order valence-corrected chi connectivity index (χ2v) is 7.65. The number of guanidine groups is 1. The van der Waals surface area contributed by atoms with Crippen molar-refractivity contribution in [1.29, 1.82) is 0 Å². The van der Waals surface area contributed by atoms with Crippen molar-refractivity contribution in [2.24, 2.45) is 10.4 Å². The summed E-state index contributed by atoms with van der Waals surface area (Å²) in [6.07, 6.45) is 9.70. The van der Waals surface area contributed by atoms with Crippen LogP contribution in [0.3, 0.4) is 0 Å². The van der Waals surface area contributed by atoms with Gasteiger partial charge < -0.3 is 19.7 Å². The fourth-order valence-corrected chi connectivity index (χ4v) is 4.14. The van der Waals surface area contributed by atoms with Crippen LogP contribution in [0.5, 0.6) is 0 Å². The molecule has 0 bridgehead atoms. The van der Waals surface area contributed by atoms with Crippen LogP contribution in [0.4, 0.5) is 0 Å². The fourth-order valence-electron chi connectivity index (χ4n) is 4.14. The molecule has 6 heteroatoms. The summed E-state index contributed by atoms with van der Waals surface area (Å²) in [5.41, 5.74) is -0.579. The predicted molar refractivity (Wildman–Crippen MR) is 111 cm³/mol. The lowest BCUT2D eigenvalue weighted by Gasteiger charge is -2.33. The highest BCUT2D eigenvalue weighted by Gasteiger charge is 2.40. The van der Waals surface area contributed by atoms with E-state index in [1.807, 2.05) is 0 Å². The third kappa shape index (κ3) is 4.90. The van der Waals surface area contributed by atoms with E-state index >= 15 is 0 Å². The molecule has 2 N–H and O–H groups in total. The number of aliphatic imine (C=N–C) groups is 1.